The number of carbonyl (C=O) groups is 2. The van der Waals surface area contributed by atoms with Crippen LogP contribution in [0.15, 0.2) is 0 Å². The third-order valence-corrected chi connectivity index (χ3v) is 7.65. The SMILES string of the molecule is CCC(CCCCCCCCCCCCC(=O)OCCCCCC(C)C)CC(=O)OCCCCCC(C)C. The van der Waals surface area contributed by atoms with E-state index in [9.17, 15) is 9.59 Å². The quantitative estimate of drug-likeness (QED) is 0.0734. The smallest absolute Gasteiger partial charge is 0.306 e. The zero-order valence-corrected chi connectivity index (χ0v) is 26.3. The lowest BCUT2D eigenvalue weighted by molar-refractivity contribution is -0.145. The maximum atomic E-state index is 12.1. The molecule has 0 heterocycles. The molecule has 0 aromatic rings. The van der Waals surface area contributed by atoms with Crippen molar-refractivity contribution in [2.45, 2.75) is 176 Å². The number of hydrogen-bond acceptors (Lipinski definition) is 4. The largest absolute Gasteiger partial charge is 0.466 e. The van der Waals surface area contributed by atoms with Crippen LogP contribution < -0.4 is 0 Å². The Kier molecular flexibility index (Phi) is 26.7. The molecule has 0 rings (SSSR count). The molecule has 0 bridgehead atoms. The molecule has 0 amide bonds. The summed E-state index contributed by atoms with van der Waals surface area (Å²) in [4.78, 5) is 23.9. The molecule has 0 saturated carbocycles. The Morgan fingerprint density at radius 2 is 0.895 bits per heavy atom. The van der Waals surface area contributed by atoms with Crippen molar-refractivity contribution in [3.63, 3.8) is 0 Å². The minimum absolute atomic E-state index is 0.00474. The Labute approximate surface area is 237 Å². The molecule has 0 spiro atoms. The number of carbonyl (C=O) groups excluding carboxylic acids is 2. The van der Waals surface area contributed by atoms with Gasteiger partial charge in [0.15, 0.2) is 0 Å². The standard InChI is InChI=1S/C34H66O4/c1-6-32(29-34(36)38-28-22-16-18-24-31(4)5)25-19-13-11-9-7-8-10-12-14-20-26-33(35)37-27-21-15-17-23-30(2)3/h30-32H,6-29H2,1-5H3. The van der Waals surface area contributed by atoms with Crippen LogP contribution in [0.4, 0.5) is 0 Å². The van der Waals surface area contributed by atoms with Crippen LogP contribution in [0.2, 0.25) is 0 Å². The third-order valence-electron chi connectivity index (χ3n) is 7.65. The Bertz CT molecular complexity index is 529. The Hall–Kier alpha value is -1.06. The minimum atomic E-state index is -0.0106. The van der Waals surface area contributed by atoms with Crippen LogP contribution in [0.25, 0.3) is 0 Å². The van der Waals surface area contributed by atoms with Gasteiger partial charge in [0.2, 0.25) is 0 Å². The number of esters is 2. The van der Waals surface area contributed by atoms with Gasteiger partial charge in [-0.25, -0.2) is 0 Å². The van der Waals surface area contributed by atoms with Gasteiger partial charge in [0.05, 0.1) is 13.2 Å². The molecule has 0 saturated heterocycles. The summed E-state index contributed by atoms with van der Waals surface area (Å²) in [6.07, 6.45) is 25.1. The first-order valence-corrected chi connectivity index (χ1v) is 16.7. The van der Waals surface area contributed by atoms with Crippen LogP contribution in [0.3, 0.4) is 0 Å². The van der Waals surface area contributed by atoms with Gasteiger partial charge in [-0.1, -0.05) is 137 Å². The molecule has 0 fully saturated rings. The van der Waals surface area contributed by atoms with E-state index in [1.54, 1.807) is 0 Å². The molecule has 0 aromatic heterocycles. The van der Waals surface area contributed by atoms with E-state index in [2.05, 4.69) is 34.6 Å². The summed E-state index contributed by atoms with van der Waals surface area (Å²) >= 11 is 0. The summed E-state index contributed by atoms with van der Waals surface area (Å²) in [7, 11) is 0. The monoisotopic (exact) mass is 538 g/mol. The highest BCUT2D eigenvalue weighted by Crippen LogP contribution is 2.20. The molecule has 226 valence electrons. The maximum Gasteiger partial charge on any atom is 0.306 e. The average molecular weight is 539 g/mol. The second-order valence-corrected chi connectivity index (χ2v) is 12.5. The molecule has 0 aliphatic rings. The molecular formula is C34H66O4. The van der Waals surface area contributed by atoms with Crippen LogP contribution in [-0.2, 0) is 19.1 Å². The maximum absolute atomic E-state index is 12.1. The molecule has 0 N–H and O–H groups in total. The third kappa shape index (κ3) is 28.0. The molecule has 0 aliphatic carbocycles. The zero-order chi connectivity index (χ0) is 28.3. The topological polar surface area (TPSA) is 52.6 Å². The van der Waals surface area contributed by atoms with Gasteiger partial charge in [0, 0.05) is 12.8 Å². The van der Waals surface area contributed by atoms with Crippen LogP contribution in [0.5, 0.6) is 0 Å². The van der Waals surface area contributed by atoms with Gasteiger partial charge in [0.1, 0.15) is 0 Å². The highest BCUT2D eigenvalue weighted by molar-refractivity contribution is 5.69. The van der Waals surface area contributed by atoms with Crippen molar-refractivity contribution >= 4 is 11.9 Å². The van der Waals surface area contributed by atoms with Crippen molar-refractivity contribution in [1.82, 2.24) is 0 Å². The molecule has 4 nitrogen and oxygen atoms in total. The number of rotatable bonds is 28. The lowest BCUT2D eigenvalue weighted by Gasteiger charge is -2.14. The fourth-order valence-corrected chi connectivity index (χ4v) is 4.97. The number of hydrogen-bond donors (Lipinski definition) is 0. The molecule has 0 radical (unpaired) electrons. The zero-order valence-electron chi connectivity index (χ0n) is 26.3. The highest BCUT2D eigenvalue weighted by Gasteiger charge is 2.13. The van der Waals surface area contributed by atoms with Gasteiger partial charge in [-0.05, 0) is 43.4 Å². The average Bonchev–Trinajstić information content (AvgIpc) is 2.87. The van der Waals surface area contributed by atoms with E-state index in [1.165, 1.54) is 83.5 Å². The normalized spacial score (nSPS) is 12.3. The van der Waals surface area contributed by atoms with Crippen molar-refractivity contribution in [3.8, 4) is 0 Å². The fourth-order valence-electron chi connectivity index (χ4n) is 4.97. The van der Waals surface area contributed by atoms with E-state index >= 15 is 0 Å². The molecule has 38 heavy (non-hydrogen) atoms. The first-order valence-electron chi connectivity index (χ1n) is 16.7. The summed E-state index contributed by atoms with van der Waals surface area (Å²) in [5.74, 6) is 2.01. The Balaban J connectivity index is 3.45. The number of ether oxygens (including phenoxy) is 2. The Morgan fingerprint density at radius 3 is 1.37 bits per heavy atom. The fraction of sp³-hybridized carbons (Fsp3) is 0.941. The summed E-state index contributed by atoms with van der Waals surface area (Å²) in [6, 6.07) is 0. The molecule has 0 aliphatic heterocycles. The molecule has 1 unspecified atom stereocenters. The van der Waals surface area contributed by atoms with E-state index in [0.717, 1.165) is 56.8 Å². The van der Waals surface area contributed by atoms with Gasteiger partial charge in [-0.15, -0.1) is 0 Å². The number of unbranched alkanes of at least 4 members (excludes halogenated alkanes) is 13. The van der Waals surface area contributed by atoms with E-state index in [1.807, 2.05) is 0 Å². The second kappa shape index (κ2) is 27.5. The van der Waals surface area contributed by atoms with Gasteiger partial charge in [0.25, 0.3) is 0 Å². The summed E-state index contributed by atoms with van der Waals surface area (Å²) in [6.45, 7) is 12.4. The van der Waals surface area contributed by atoms with E-state index < -0.39 is 0 Å². The summed E-state index contributed by atoms with van der Waals surface area (Å²) in [5.41, 5.74) is 0. The lowest BCUT2D eigenvalue weighted by atomic mass is 9.95. The van der Waals surface area contributed by atoms with Crippen LogP contribution >= 0.6 is 0 Å². The molecular weight excluding hydrogens is 472 g/mol. The second-order valence-electron chi connectivity index (χ2n) is 12.5. The lowest BCUT2D eigenvalue weighted by Crippen LogP contribution is -2.12. The van der Waals surface area contributed by atoms with Gasteiger partial charge < -0.3 is 9.47 Å². The first-order chi connectivity index (χ1) is 18.3. The van der Waals surface area contributed by atoms with Gasteiger partial charge in [-0.2, -0.15) is 0 Å². The van der Waals surface area contributed by atoms with Crippen molar-refractivity contribution < 1.29 is 19.1 Å². The van der Waals surface area contributed by atoms with Crippen LogP contribution in [0.1, 0.15) is 176 Å². The van der Waals surface area contributed by atoms with Crippen LogP contribution in [-0.4, -0.2) is 25.2 Å². The molecule has 0 aromatic carbocycles. The van der Waals surface area contributed by atoms with Crippen LogP contribution in [0, 0.1) is 17.8 Å². The van der Waals surface area contributed by atoms with Crippen molar-refractivity contribution in [3.05, 3.63) is 0 Å². The minimum Gasteiger partial charge on any atom is -0.466 e. The van der Waals surface area contributed by atoms with E-state index in [0.29, 0.717) is 32.0 Å². The first kappa shape index (κ1) is 36.9. The molecule has 4 heteroatoms. The predicted octanol–water partition coefficient (Wildman–Crippen LogP) is 10.6. The highest BCUT2D eigenvalue weighted by atomic mass is 16.5. The van der Waals surface area contributed by atoms with Gasteiger partial charge in [-0.3, -0.25) is 9.59 Å². The van der Waals surface area contributed by atoms with Crippen molar-refractivity contribution in [1.29, 1.82) is 0 Å². The van der Waals surface area contributed by atoms with Gasteiger partial charge >= 0.3 is 11.9 Å². The summed E-state index contributed by atoms with van der Waals surface area (Å²) < 4.78 is 10.8. The van der Waals surface area contributed by atoms with E-state index in [-0.39, 0.29) is 11.9 Å². The van der Waals surface area contributed by atoms with E-state index in [4.69, 9.17) is 9.47 Å². The summed E-state index contributed by atoms with van der Waals surface area (Å²) in [5, 5.41) is 0. The Morgan fingerprint density at radius 1 is 0.500 bits per heavy atom. The predicted molar refractivity (Wildman–Crippen MR) is 162 cm³/mol. The van der Waals surface area contributed by atoms with Crippen molar-refractivity contribution in [2.24, 2.45) is 17.8 Å². The van der Waals surface area contributed by atoms with Crippen molar-refractivity contribution in [2.75, 3.05) is 13.2 Å². The molecule has 1 atom stereocenters.